The summed E-state index contributed by atoms with van der Waals surface area (Å²) >= 11 is 1.72. The van der Waals surface area contributed by atoms with Gasteiger partial charge in [-0.15, -0.1) is 11.3 Å². The average Bonchev–Trinajstić information content (AvgIpc) is 3.19. The van der Waals surface area contributed by atoms with Crippen LogP contribution in [0.1, 0.15) is 42.7 Å². The maximum atomic E-state index is 6.50. The number of nitrogens with zero attached hydrogens (tertiary/aromatic N) is 2. The minimum absolute atomic E-state index is 0.129. The van der Waals surface area contributed by atoms with Gasteiger partial charge in [0, 0.05) is 17.3 Å². The Hall–Kier alpha value is -2.56. The first-order valence-corrected chi connectivity index (χ1v) is 10.7. The third-order valence-corrected chi connectivity index (χ3v) is 6.85. The lowest BCUT2D eigenvalue weighted by molar-refractivity contribution is 0.253. The van der Waals surface area contributed by atoms with Gasteiger partial charge in [0.05, 0.1) is 16.3 Å². The Morgan fingerprint density at radius 3 is 2.32 bits per heavy atom. The second-order valence-electron chi connectivity index (χ2n) is 7.63. The molecular weight excluding hydrogens is 362 g/mol. The molecule has 2 N–H and O–H groups in total. The number of hydrogen-bond acceptors (Lipinski definition) is 4. The van der Waals surface area contributed by atoms with Crippen molar-refractivity contribution in [3.63, 3.8) is 0 Å². The van der Waals surface area contributed by atoms with Crippen molar-refractivity contribution in [2.45, 2.75) is 37.6 Å². The molecule has 28 heavy (non-hydrogen) atoms. The molecule has 3 aromatic rings. The Kier molecular flexibility index (Phi) is 4.46. The lowest BCUT2D eigenvalue weighted by Gasteiger charge is -2.38. The summed E-state index contributed by atoms with van der Waals surface area (Å²) in [6.07, 6.45) is 9.60. The normalized spacial score (nSPS) is 17.8. The van der Waals surface area contributed by atoms with Gasteiger partial charge in [0.15, 0.2) is 0 Å². The number of allylic oxidation sites excluding steroid dienone is 1. The second-order valence-corrected chi connectivity index (χ2v) is 8.63. The monoisotopic (exact) mass is 385 g/mol. The SMILES string of the molecule is NC1(c2ccc(-c3nc(C4=CCCC=N4)sc3-c3ccccc3)cc2)CCC1. The standard InChI is InChI=1S/C24H23N3S/c25-24(14-6-15-24)19-12-10-17(11-13-19)21-22(18-7-2-1-3-8-18)28-23(27-21)20-9-4-5-16-26-20/h1-3,7-13,16H,4-6,14-15,25H2. The topological polar surface area (TPSA) is 51.3 Å². The molecule has 4 heteroatoms. The third-order valence-electron chi connectivity index (χ3n) is 5.73. The highest BCUT2D eigenvalue weighted by atomic mass is 32.1. The molecule has 5 rings (SSSR count). The second kappa shape index (κ2) is 7.12. The van der Waals surface area contributed by atoms with Gasteiger partial charge in [0.25, 0.3) is 0 Å². The van der Waals surface area contributed by atoms with Crippen molar-refractivity contribution in [1.29, 1.82) is 0 Å². The smallest absolute Gasteiger partial charge is 0.142 e. The number of benzene rings is 2. The first kappa shape index (κ1) is 17.5. The number of rotatable bonds is 4. The van der Waals surface area contributed by atoms with Crippen LogP contribution in [0.2, 0.25) is 0 Å². The van der Waals surface area contributed by atoms with E-state index in [0.29, 0.717) is 0 Å². The molecule has 0 atom stereocenters. The third kappa shape index (κ3) is 3.13. The molecule has 0 radical (unpaired) electrons. The van der Waals surface area contributed by atoms with E-state index in [9.17, 15) is 0 Å². The predicted molar refractivity (Wildman–Crippen MR) is 118 cm³/mol. The van der Waals surface area contributed by atoms with Crippen LogP contribution in [0.25, 0.3) is 27.4 Å². The Morgan fingerprint density at radius 1 is 0.893 bits per heavy atom. The molecule has 1 aliphatic heterocycles. The van der Waals surface area contributed by atoms with Crippen LogP contribution in [0, 0.1) is 0 Å². The van der Waals surface area contributed by atoms with Gasteiger partial charge in [-0.3, -0.25) is 4.99 Å². The largest absolute Gasteiger partial charge is 0.321 e. The fourth-order valence-electron chi connectivity index (χ4n) is 3.87. The Balaban J connectivity index is 1.58. The van der Waals surface area contributed by atoms with Gasteiger partial charge in [-0.25, -0.2) is 4.98 Å². The quantitative estimate of drug-likeness (QED) is 0.597. The molecule has 0 spiro atoms. The van der Waals surface area contributed by atoms with Crippen molar-refractivity contribution in [2.24, 2.45) is 10.7 Å². The van der Waals surface area contributed by atoms with E-state index in [1.54, 1.807) is 11.3 Å². The van der Waals surface area contributed by atoms with Gasteiger partial charge in [-0.1, -0.05) is 60.7 Å². The van der Waals surface area contributed by atoms with Crippen LogP contribution in [0.4, 0.5) is 0 Å². The Morgan fingerprint density at radius 2 is 1.68 bits per heavy atom. The molecule has 0 amide bonds. The zero-order valence-corrected chi connectivity index (χ0v) is 16.6. The molecule has 0 unspecified atom stereocenters. The lowest BCUT2D eigenvalue weighted by Crippen LogP contribution is -2.43. The Labute approximate surface area is 169 Å². The highest BCUT2D eigenvalue weighted by Crippen LogP contribution is 2.42. The van der Waals surface area contributed by atoms with Crippen molar-refractivity contribution < 1.29 is 0 Å². The van der Waals surface area contributed by atoms with Crippen molar-refractivity contribution in [3.05, 3.63) is 71.2 Å². The summed E-state index contributed by atoms with van der Waals surface area (Å²) < 4.78 is 0. The summed E-state index contributed by atoms with van der Waals surface area (Å²) in [6, 6.07) is 19.2. The number of aliphatic imine (C=N–C) groups is 1. The summed E-state index contributed by atoms with van der Waals surface area (Å²) in [5.74, 6) is 0. The fourth-order valence-corrected chi connectivity index (χ4v) is 4.95. The summed E-state index contributed by atoms with van der Waals surface area (Å²) in [5.41, 5.74) is 12.0. The average molecular weight is 386 g/mol. The lowest BCUT2D eigenvalue weighted by atomic mass is 9.72. The molecule has 1 fully saturated rings. The molecule has 2 heterocycles. The molecule has 0 saturated heterocycles. The fraction of sp³-hybridized carbons (Fsp3) is 0.250. The molecule has 1 aliphatic carbocycles. The minimum Gasteiger partial charge on any atom is -0.321 e. The summed E-state index contributed by atoms with van der Waals surface area (Å²) in [7, 11) is 0. The van der Waals surface area contributed by atoms with Gasteiger partial charge in [-0.2, -0.15) is 0 Å². The van der Waals surface area contributed by atoms with E-state index in [-0.39, 0.29) is 5.54 Å². The van der Waals surface area contributed by atoms with Crippen LogP contribution in [0.3, 0.4) is 0 Å². The molecule has 1 aromatic heterocycles. The van der Waals surface area contributed by atoms with E-state index in [1.165, 1.54) is 22.4 Å². The van der Waals surface area contributed by atoms with E-state index in [4.69, 9.17) is 10.7 Å². The van der Waals surface area contributed by atoms with Crippen LogP contribution in [0.15, 0.2) is 65.7 Å². The number of hydrogen-bond donors (Lipinski definition) is 1. The Bertz CT molecular complexity index is 1040. The maximum Gasteiger partial charge on any atom is 0.142 e. The molecule has 2 aromatic carbocycles. The molecule has 3 nitrogen and oxygen atoms in total. The zero-order valence-electron chi connectivity index (χ0n) is 15.8. The van der Waals surface area contributed by atoms with Crippen LogP contribution < -0.4 is 5.73 Å². The van der Waals surface area contributed by atoms with E-state index in [2.05, 4.69) is 59.6 Å². The summed E-state index contributed by atoms with van der Waals surface area (Å²) in [5, 5.41) is 0.989. The van der Waals surface area contributed by atoms with Gasteiger partial charge in [0.2, 0.25) is 0 Å². The summed E-state index contributed by atoms with van der Waals surface area (Å²) in [4.78, 5) is 10.8. The number of nitrogens with two attached hydrogens (primary N) is 1. The van der Waals surface area contributed by atoms with E-state index < -0.39 is 0 Å². The summed E-state index contributed by atoms with van der Waals surface area (Å²) in [6.45, 7) is 0. The van der Waals surface area contributed by atoms with E-state index >= 15 is 0 Å². The molecule has 1 saturated carbocycles. The first-order chi connectivity index (χ1) is 13.7. The highest BCUT2D eigenvalue weighted by molar-refractivity contribution is 7.16. The minimum atomic E-state index is -0.129. The van der Waals surface area contributed by atoms with Crippen LogP contribution in [-0.2, 0) is 5.54 Å². The van der Waals surface area contributed by atoms with Crippen molar-refractivity contribution in [2.75, 3.05) is 0 Å². The van der Waals surface area contributed by atoms with Crippen LogP contribution >= 0.6 is 11.3 Å². The van der Waals surface area contributed by atoms with E-state index in [0.717, 1.165) is 47.6 Å². The molecular formula is C24H23N3S. The van der Waals surface area contributed by atoms with Gasteiger partial charge in [0.1, 0.15) is 5.01 Å². The van der Waals surface area contributed by atoms with Crippen molar-refractivity contribution in [3.8, 4) is 21.7 Å². The molecule has 2 aliphatic rings. The number of thiazole rings is 1. The zero-order chi connectivity index (χ0) is 19.0. The van der Waals surface area contributed by atoms with Gasteiger partial charge < -0.3 is 5.73 Å². The first-order valence-electron chi connectivity index (χ1n) is 9.92. The van der Waals surface area contributed by atoms with E-state index in [1.807, 2.05) is 12.3 Å². The molecule has 0 bridgehead atoms. The van der Waals surface area contributed by atoms with Gasteiger partial charge in [-0.05, 0) is 43.2 Å². The van der Waals surface area contributed by atoms with Crippen LogP contribution in [-0.4, -0.2) is 11.2 Å². The van der Waals surface area contributed by atoms with Crippen LogP contribution in [0.5, 0.6) is 0 Å². The van der Waals surface area contributed by atoms with Gasteiger partial charge >= 0.3 is 0 Å². The maximum absolute atomic E-state index is 6.50. The van der Waals surface area contributed by atoms with Crippen molar-refractivity contribution >= 4 is 23.2 Å². The number of aromatic nitrogens is 1. The predicted octanol–water partition coefficient (Wildman–Crippen LogP) is 6.02. The molecule has 140 valence electrons. The highest BCUT2D eigenvalue weighted by Gasteiger charge is 2.34. The van der Waals surface area contributed by atoms with Crippen molar-refractivity contribution in [1.82, 2.24) is 4.98 Å².